The molecule has 0 aliphatic heterocycles. The van der Waals surface area contributed by atoms with Gasteiger partial charge >= 0.3 is 0 Å². The maximum absolute atomic E-state index is 12.3. The fourth-order valence-electron chi connectivity index (χ4n) is 3.39. The number of carbonyl (C=O) groups is 2. The highest BCUT2D eigenvalue weighted by atomic mass is 16.5. The first-order valence-electron chi connectivity index (χ1n) is 10.8. The Morgan fingerprint density at radius 3 is 2.41 bits per heavy atom. The highest BCUT2D eigenvalue weighted by Gasteiger charge is 2.07. The van der Waals surface area contributed by atoms with E-state index in [-0.39, 0.29) is 18.0 Å². The molecular formula is C28H24N2O4. The molecule has 0 saturated heterocycles. The van der Waals surface area contributed by atoms with E-state index in [1.807, 2.05) is 54.7 Å². The molecule has 0 atom stereocenters. The molecule has 0 fully saturated rings. The summed E-state index contributed by atoms with van der Waals surface area (Å²) in [5.41, 5.74) is 3.51. The van der Waals surface area contributed by atoms with Crippen molar-refractivity contribution in [3.63, 3.8) is 0 Å². The van der Waals surface area contributed by atoms with Gasteiger partial charge in [0.15, 0.2) is 23.1 Å². The average molecular weight is 453 g/mol. The van der Waals surface area contributed by atoms with Gasteiger partial charge in [0.05, 0.1) is 19.2 Å². The van der Waals surface area contributed by atoms with E-state index in [0.29, 0.717) is 18.1 Å². The zero-order valence-corrected chi connectivity index (χ0v) is 18.7. The Morgan fingerprint density at radius 1 is 0.912 bits per heavy atom. The molecule has 2 heterocycles. The Labute approximate surface area is 197 Å². The standard InChI is InChI=1S/C28H24N2O4/c1-33-28-17-21(8-12-27(28)34-19-23-4-2-3-14-29-23)6-10-25(32)18-24(31)9-5-20-7-11-26-22(16-20)13-15-30-26/h2-17,30H,18-19H2,1H3. The predicted molar refractivity (Wildman–Crippen MR) is 133 cm³/mol. The lowest BCUT2D eigenvalue weighted by molar-refractivity contribution is -0.121. The third kappa shape index (κ3) is 6.07. The molecule has 170 valence electrons. The van der Waals surface area contributed by atoms with Crippen molar-refractivity contribution in [2.45, 2.75) is 13.0 Å². The second-order valence-electron chi connectivity index (χ2n) is 7.62. The first kappa shape index (κ1) is 22.7. The monoisotopic (exact) mass is 452 g/mol. The van der Waals surface area contributed by atoms with Gasteiger partial charge in [0, 0.05) is 17.9 Å². The zero-order chi connectivity index (χ0) is 23.8. The summed E-state index contributed by atoms with van der Waals surface area (Å²) < 4.78 is 11.2. The molecular weight excluding hydrogens is 428 g/mol. The number of hydrogen-bond acceptors (Lipinski definition) is 5. The number of allylic oxidation sites excluding steroid dienone is 2. The van der Waals surface area contributed by atoms with Gasteiger partial charge in [0.1, 0.15) is 6.61 Å². The van der Waals surface area contributed by atoms with Crippen LogP contribution in [0.2, 0.25) is 0 Å². The molecule has 0 saturated carbocycles. The van der Waals surface area contributed by atoms with Crippen LogP contribution in [0.3, 0.4) is 0 Å². The molecule has 34 heavy (non-hydrogen) atoms. The lowest BCUT2D eigenvalue weighted by Crippen LogP contribution is -2.02. The molecule has 0 bridgehead atoms. The Morgan fingerprint density at radius 2 is 1.68 bits per heavy atom. The van der Waals surface area contributed by atoms with Crippen LogP contribution >= 0.6 is 0 Å². The van der Waals surface area contributed by atoms with E-state index in [1.165, 1.54) is 12.2 Å². The van der Waals surface area contributed by atoms with Crippen LogP contribution in [-0.2, 0) is 16.2 Å². The quantitative estimate of drug-likeness (QED) is 0.257. The van der Waals surface area contributed by atoms with Gasteiger partial charge in [0.2, 0.25) is 0 Å². The van der Waals surface area contributed by atoms with Crippen LogP contribution < -0.4 is 9.47 Å². The van der Waals surface area contributed by atoms with Crippen molar-refractivity contribution in [2.75, 3.05) is 7.11 Å². The number of nitrogens with one attached hydrogen (secondary N) is 1. The van der Waals surface area contributed by atoms with Crippen LogP contribution in [0.4, 0.5) is 0 Å². The number of rotatable bonds is 10. The lowest BCUT2D eigenvalue weighted by Gasteiger charge is -2.11. The van der Waals surface area contributed by atoms with E-state index in [4.69, 9.17) is 9.47 Å². The normalized spacial score (nSPS) is 11.3. The maximum Gasteiger partial charge on any atom is 0.163 e. The van der Waals surface area contributed by atoms with Gasteiger partial charge < -0.3 is 14.5 Å². The number of ether oxygens (including phenoxy) is 2. The van der Waals surface area contributed by atoms with E-state index in [9.17, 15) is 9.59 Å². The molecule has 0 spiro atoms. The summed E-state index contributed by atoms with van der Waals surface area (Å²) in [6.45, 7) is 0.319. The minimum absolute atomic E-state index is 0.193. The summed E-state index contributed by atoms with van der Waals surface area (Å²) in [4.78, 5) is 31.8. The van der Waals surface area contributed by atoms with E-state index in [1.54, 1.807) is 37.6 Å². The average Bonchev–Trinajstić information content (AvgIpc) is 3.34. The number of aromatic nitrogens is 2. The van der Waals surface area contributed by atoms with E-state index in [0.717, 1.165) is 27.7 Å². The van der Waals surface area contributed by atoms with Crippen LogP contribution in [0.25, 0.3) is 23.1 Å². The topological polar surface area (TPSA) is 81.3 Å². The first-order valence-corrected chi connectivity index (χ1v) is 10.8. The maximum atomic E-state index is 12.3. The van der Waals surface area contributed by atoms with Crippen LogP contribution in [0.15, 0.2) is 85.2 Å². The number of aromatic amines is 1. The van der Waals surface area contributed by atoms with Gasteiger partial charge in [-0.2, -0.15) is 0 Å². The second-order valence-corrected chi connectivity index (χ2v) is 7.62. The molecule has 0 amide bonds. The number of nitrogens with zero attached hydrogens (tertiary/aromatic N) is 1. The van der Waals surface area contributed by atoms with Gasteiger partial charge in [-0.25, -0.2) is 0 Å². The molecule has 0 radical (unpaired) electrons. The number of benzene rings is 2. The zero-order valence-electron chi connectivity index (χ0n) is 18.7. The number of methoxy groups -OCH3 is 1. The molecule has 4 aromatic rings. The van der Waals surface area contributed by atoms with E-state index < -0.39 is 0 Å². The molecule has 2 aromatic carbocycles. The minimum atomic E-state index is -0.273. The van der Waals surface area contributed by atoms with Crippen molar-refractivity contribution in [2.24, 2.45) is 0 Å². The first-order chi connectivity index (χ1) is 16.6. The number of H-pyrrole nitrogens is 1. The molecule has 0 aliphatic carbocycles. The van der Waals surface area contributed by atoms with E-state index in [2.05, 4.69) is 9.97 Å². The number of hydrogen-bond donors (Lipinski definition) is 1. The lowest BCUT2D eigenvalue weighted by atomic mass is 10.1. The fourth-order valence-corrected chi connectivity index (χ4v) is 3.39. The molecule has 0 unspecified atom stereocenters. The Kier molecular flexibility index (Phi) is 7.30. The summed E-state index contributed by atoms with van der Waals surface area (Å²) >= 11 is 0. The number of ketones is 2. The van der Waals surface area contributed by atoms with Crippen molar-refractivity contribution < 1.29 is 19.1 Å². The number of carbonyl (C=O) groups excluding carboxylic acids is 2. The summed E-state index contributed by atoms with van der Waals surface area (Å²) in [5.74, 6) is 0.601. The van der Waals surface area contributed by atoms with Crippen LogP contribution in [0.1, 0.15) is 23.2 Å². The molecule has 1 N–H and O–H groups in total. The van der Waals surface area contributed by atoms with Crippen molar-refractivity contribution in [1.29, 1.82) is 0 Å². The molecule has 2 aromatic heterocycles. The van der Waals surface area contributed by atoms with Crippen molar-refractivity contribution >= 4 is 34.6 Å². The van der Waals surface area contributed by atoms with Crippen LogP contribution in [0.5, 0.6) is 11.5 Å². The van der Waals surface area contributed by atoms with Crippen molar-refractivity contribution in [3.05, 3.63) is 102 Å². The smallest absolute Gasteiger partial charge is 0.163 e. The van der Waals surface area contributed by atoms with Gasteiger partial charge in [-0.05, 0) is 71.1 Å². The number of pyridine rings is 1. The molecule has 0 aliphatic rings. The van der Waals surface area contributed by atoms with Gasteiger partial charge in [-0.15, -0.1) is 0 Å². The molecule has 4 rings (SSSR count). The summed E-state index contributed by atoms with van der Waals surface area (Å²) in [5, 5.41) is 1.07. The molecule has 6 nitrogen and oxygen atoms in total. The third-order valence-electron chi connectivity index (χ3n) is 5.14. The summed E-state index contributed by atoms with van der Waals surface area (Å²) in [6, 6.07) is 18.8. The predicted octanol–water partition coefficient (Wildman–Crippen LogP) is 5.41. The van der Waals surface area contributed by atoms with Crippen molar-refractivity contribution in [3.8, 4) is 11.5 Å². The Bertz CT molecular complexity index is 1350. The van der Waals surface area contributed by atoms with Crippen LogP contribution in [-0.4, -0.2) is 28.6 Å². The van der Waals surface area contributed by atoms with Gasteiger partial charge in [-0.1, -0.05) is 30.4 Å². The second kappa shape index (κ2) is 10.9. The van der Waals surface area contributed by atoms with Gasteiger partial charge in [0.25, 0.3) is 0 Å². The highest BCUT2D eigenvalue weighted by Crippen LogP contribution is 2.29. The minimum Gasteiger partial charge on any atom is -0.493 e. The Balaban J connectivity index is 1.32. The van der Waals surface area contributed by atoms with E-state index >= 15 is 0 Å². The fraction of sp³-hybridized carbons (Fsp3) is 0.107. The summed E-state index contributed by atoms with van der Waals surface area (Å²) in [7, 11) is 1.56. The summed E-state index contributed by atoms with van der Waals surface area (Å²) in [6.07, 6.45) is 9.61. The molecule has 6 heteroatoms. The van der Waals surface area contributed by atoms with Gasteiger partial charge in [-0.3, -0.25) is 14.6 Å². The van der Waals surface area contributed by atoms with Crippen molar-refractivity contribution in [1.82, 2.24) is 9.97 Å². The SMILES string of the molecule is COc1cc(C=CC(=O)CC(=O)C=Cc2ccc3[nH]ccc3c2)ccc1OCc1ccccn1. The van der Waals surface area contributed by atoms with Crippen LogP contribution in [0, 0.1) is 0 Å². The number of fused-ring (bicyclic) bond motifs is 1. The Hall–Kier alpha value is -4.45. The third-order valence-corrected chi connectivity index (χ3v) is 5.14. The largest absolute Gasteiger partial charge is 0.493 e. The highest BCUT2D eigenvalue weighted by molar-refractivity contribution is 6.11.